The maximum atomic E-state index is 14.8. The second kappa shape index (κ2) is 8.32. The SMILES string of the molecule is Cn1nccc1[C@H]1CCC(F)(F)C[C@@]1(C)Oc1ccc(S(=O)(=O)Nc2ccncn2)c(F)c1. The van der Waals surface area contributed by atoms with Crippen molar-refractivity contribution in [1.82, 2.24) is 19.7 Å². The van der Waals surface area contributed by atoms with Gasteiger partial charge >= 0.3 is 0 Å². The summed E-state index contributed by atoms with van der Waals surface area (Å²) in [4.78, 5) is 6.80. The minimum Gasteiger partial charge on any atom is -0.487 e. The van der Waals surface area contributed by atoms with Crippen molar-refractivity contribution in [3.63, 3.8) is 0 Å². The predicted octanol–water partition coefficient (Wildman–Crippen LogP) is 3.89. The van der Waals surface area contributed by atoms with Crippen molar-refractivity contribution in [3.8, 4) is 5.75 Å². The molecule has 2 aromatic heterocycles. The van der Waals surface area contributed by atoms with Gasteiger partial charge in [0.05, 0.1) is 6.42 Å². The molecular weight excluding hydrogens is 459 g/mol. The number of halogens is 3. The lowest BCUT2D eigenvalue weighted by atomic mass is 9.73. The summed E-state index contributed by atoms with van der Waals surface area (Å²) in [6, 6.07) is 6.21. The third kappa shape index (κ3) is 4.80. The van der Waals surface area contributed by atoms with E-state index in [1.165, 1.54) is 18.3 Å². The molecule has 2 heterocycles. The van der Waals surface area contributed by atoms with Gasteiger partial charge in [-0.2, -0.15) is 5.10 Å². The maximum absolute atomic E-state index is 14.8. The Morgan fingerprint density at radius 3 is 2.64 bits per heavy atom. The minimum atomic E-state index is -4.28. The van der Waals surface area contributed by atoms with Gasteiger partial charge in [0.15, 0.2) is 0 Å². The zero-order chi connectivity index (χ0) is 23.9. The van der Waals surface area contributed by atoms with E-state index in [2.05, 4.69) is 19.8 Å². The van der Waals surface area contributed by atoms with Gasteiger partial charge in [-0.3, -0.25) is 9.40 Å². The molecule has 4 rings (SSSR count). The molecule has 12 heteroatoms. The van der Waals surface area contributed by atoms with Crippen LogP contribution in [-0.4, -0.2) is 39.7 Å². The highest BCUT2D eigenvalue weighted by molar-refractivity contribution is 7.92. The van der Waals surface area contributed by atoms with E-state index in [0.717, 1.165) is 24.2 Å². The predicted molar refractivity (Wildman–Crippen MR) is 113 cm³/mol. The average Bonchev–Trinajstić information content (AvgIpc) is 3.12. The summed E-state index contributed by atoms with van der Waals surface area (Å²) < 4.78 is 78.3. The zero-order valence-corrected chi connectivity index (χ0v) is 18.7. The highest BCUT2D eigenvalue weighted by Crippen LogP contribution is 2.49. The first-order valence-corrected chi connectivity index (χ1v) is 11.6. The van der Waals surface area contributed by atoms with Gasteiger partial charge in [-0.05, 0) is 37.6 Å². The Bertz CT molecular complexity index is 1250. The van der Waals surface area contributed by atoms with Crippen molar-refractivity contribution in [2.75, 3.05) is 4.72 Å². The van der Waals surface area contributed by atoms with E-state index in [4.69, 9.17) is 4.74 Å². The van der Waals surface area contributed by atoms with Gasteiger partial charge in [0, 0.05) is 43.5 Å². The first-order chi connectivity index (χ1) is 15.5. The number of nitrogens with one attached hydrogen (secondary N) is 1. The van der Waals surface area contributed by atoms with Crippen LogP contribution in [0.5, 0.6) is 5.75 Å². The van der Waals surface area contributed by atoms with E-state index < -0.39 is 44.6 Å². The molecule has 3 aromatic rings. The molecule has 1 aromatic carbocycles. The van der Waals surface area contributed by atoms with Gasteiger partial charge in [-0.15, -0.1) is 0 Å². The Balaban J connectivity index is 1.62. The summed E-state index contributed by atoms with van der Waals surface area (Å²) in [5.74, 6) is -4.54. The first kappa shape index (κ1) is 23.0. The molecule has 0 spiro atoms. The number of aryl methyl sites for hydroxylation is 1. The van der Waals surface area contributed by atoms with Crippen molar-refractivity contribution >= 4 is 15.8 Å². The van der Waals surface area contributed by atoms with Crippen LogP contribution in [0.2, 0.25) is 0 Å². The van der Waals surface area contributed by atoms with Crippen LogP contribution in [0.25, 0.3) is 0 Å². The third-order valence-corrected chi connectivity index (χ3v) is 7.11. The topological polar surface area (TPSA) is 99.0 Å². The number of hydrogen-bond acceptors (Lipinski definition) is 6. The Morgan fingerprint density at radius 1 is 1.21 bits per heavy atom. The lowest BCUT2D eigenvalue weighted by molar-refractivity contribution is -0.117. The number of anilines is 1. The Labute approximate surface area is 188 Å². The monoisotopic (exact) mass is 481 g/mol. The summed E-state index contributed by atoms with van der Waals surface area (Å²) in [7, 11) is -2.57. The van der Waals surface area contributed by atoms with E-state index in [9.17, 15) is 21.6 Å². The fraction of sp³-hybridized carbons (Fsp3) is 0.381. The number of ether oxygens (including phenoxy) is 1. The largest absolute Gasteiger partial charge is 0.487 e. The molecule has 1 aliphatic carbocycles. The quantitative estimate of drug-likeness (QED) is 0.574. The normalized spacial score (nSPS) is 22.6. The highest BCUT2D eigenvalue weighted by atomic mass is 32.2. The number of sulfonamides is 1. The van der Waals surface area contributed by atoms with Gasteiger partial charge in [0.2, 0.25) is 0 Å². The van der Waals surface area contributed by atoms with E-state index in [0.29, 0.717) is 0 Å². The summed E-state index contributed by atoms with van der Waals surface area (Å²) in [5.41, 5.74) is -0.650. The molecule has 0 aliphatic heterocycles. The number of benzene rings is 1. The fourth-order valence-corrected chi connectivity index (χ4v) is 5.32. The van der Waals surface area contributed by atoms with Gasteiger partial charge in [-0.1, -0.05) is 0 Å². The van der Waals surface area contributed by atoms with Crippen molar-refractivity contribution in [2.45, 2.75) is 48.5 Å². The third-order valence-electron chi connectivity index (χ3n) is 5.73. The van der Waals surface area contributed by atoms with Crippen LogP contribution in [0.1, 0.15) is 37.8 Å². The number of hydrogen-bond donors (Lipinski definition) is 1. The lowest BCUT2D eigenvalue weighted by Gasteiger charge is -2.44. The van der Waals surface area contributed by atoms with Gasteiger partial charge in [0.1, 0.15) is 34.2 Å². The summed E-state index contributed by atoms with van der Waals surface area (Å²) in [6.07, 6.45) is 3.32. The molecule has 1 fully saturated rings. The molecule has 0 radical (unpaired) electrons. The number of rotatable bonds is 6. The van der Waals surface area contributed by atoms with Crippen LogP contribution >= 0.6 is 0 Å². The Kier molecular flexibility index (Phi) is 5.81. The highest BCUT2D eigenvalue weighted by Gasteiger charge is 2.52. The molecule has 8 nitrogen and oxygen atoms in total. The van der Waals surface area contributed by atoms with Crippen LogP contribution in [0, 0.1) is 5.82 Å². The van der Waals surface area contributed by atoms with Crippen molar-refractivity contribution < 1.29 is 26.3 Å². The summed E-state index contributed by atoms with van der Waals surface area (Å²) in [5, 5.41) is 4.12. The van der Waals surface area contributed by atoms with Gasteiger partial charge < -0.3 is 4.74 Å². The minimum absolute atomic E-state index is 0.0271. The van der Waals surface area contributed by atoms with Crippen molar-refractivity contribution in [3.05, 3.63) is 60.6 Å². The molecule has 2 atom stereocenters. The smallest absolute Gasteiger partial charge is 0.265 e. The molecule has 1 aliphatic rings. The van der Waals surface area contributed by atoms with Crippen LogP contribution in [0.4, 0.5) is 19.0 Å². The van der Waals surface area contributed by atoms with E-state index in [1.807, 2.05) is 0 Å². The van der Waals surface area contributed by atoms with Crippen molar-refractivity contribution in [2.24, 2.45) is 7.05 Å². The lowest BCUT2D eigenvalue weighted by Crippen LogP contribution is -2.49. The summed E-state index contributed by atoms with van der Waals surface area (Å²) >= 11 is 0. The van der Waals surface area contributed by atoms with Gasteiger partial charge in [-0.25, -0.2) is 31.6 Å². The molecule has 1 N–H and O–H groups in total. The average molecular weight is 482 g/mol. The molecular formula is C21H22F3N5O3S. The first-order valence-electron chi connectivity index (χ1n) is 10.1. The number of alkyl halides is 2. The van der Waals surface area contributed by atoms with Crippen LogP contribution < -0.4 is 9.46 Å². The van der Waals surface area contributed by atoms with Crippen LogP contribution in [0.3, 0.4) is 0 Å². The molecule has 0 saturated heterocycles. The van der Waals surface area contributed by atoms with E-state index >= 15 is 0 Å². The Hall–Kier alpha value is -3.15. The van der Waals surface area contributed by atoms with E-state index in [-0.39, 0.29) is 24.4 Å². The standard InChI is InChI=1S/C21H22F3N5O3S/c1-20(12-21(23,24)8-5-15(20)17-6-10-27-29(17)2)32-14-3-4-18(16(22)11-14)33(30,31)28-19-7-9-25-13-26-19/h3-4,6-7,9-11,13,15H,5,8,12H2,1-2H3,(H,25,26,28)/t15-,20-/m1/s1. The second-order valence-electron chi connectivity index (χ2n) is 8.21. The molecule has 33 heavy (non-hydrogen) atoms. The van der Waals surface area contributed by atoms with Gasteiger partial charge in [0.25, 0.3) is 15.9 Å². The molecule has 0 bridgehead atoms. The summed E-state index contributed by atoms with van der Waals surface area (Å²) in [6.45, 7) is 1.55. The van der Waals surface area contributed by atoms with Crippen molar-refractivity contribution in [1.29, 1.82) is 0 Å². The fourth-order valence-electron chi connectivity index (χ4n) is 4.26. The molecule has 176 valence electrons. The molecule has 0 amide bonds. The number of nitrogens with zero attached hydrogens (tertiary/aromatic N) is 4. The zero-order valence-electron chi connectivity index (χ0n) is 17.9. The second-order valence-corrected chi connectivity index (χ2v) is 9.86. The number of aromatic nitrogens is 4. The van der Waals surface area contributed by atoms with Crippen LogP contribution in [-0.2, 0) is 17.1 Å². The van der Waals surface area contributed by atoms with E-state index in [1.54, 1.807) is 30.9 Å². The Morgan fingerprint density at radius 2 is 2.00 bits per heavy atom. The maximum Gasteiger partial charge on any atom is 0.265 e. The van der Waals surface area contributed by atoms with Crippen LogP contribution in [0.15, 0.2) is 53.9 Å². The molecule has 1 saturated carbocycles. The molecule has 0 unspecified atom stereocenters.